The van der Waals surface area contributed by atoms with Gasteiger partial charge in [0.1, 0.15) is 0 Å². The first kappa shape index (κ1) is 18.4. The van der Waals surface area contributed by atoms with Gasteiger partial charge in [-0.2, -0.15) is 0 Å². The molecule has 1 saturated carbocycles. The van der Waals surface area contributed by atoms with Crippen LogP contribution in [-0.4, -0.2) is 38.2 Å². The molecule has 0 unspecified atom stereocenters. The Morgan fingerprint density at radius 3 is 2.72 bits per heavy atom. The van der Waals surface area contributed by atoms with Crippen LogP contribution >= 0.6 is 0 Å². The molecule has 0 N–H and O–H groups in total. The SMILES string of the molecule is O=C(CCOCc1ccccc1)OCC[C@H]1CCCCC12OCCO2. The largest absolute Gasteiger partial charge is 0.466 e. The molecule has 2 aliphatic rings. The lowest BCUT2D eigenvalue weighted by Crippen LogP contribution is -2.42. The van der Waals surface area contributed by atoms with Crippen molar-refractivity contribution in [3.05, 3.63) is 35.9 Å². The summed E-state index contributed by atoms with van der Waals surface area (Å²) in [6, 6.07) is 9.93. The first-order chi connectivity index (χ1) is 12.3. The van der Waals surface area contributed by atoms with Gasteiger partial charge in [-0.25, -0.2) is 0 Å². The summed E-state index contributed by atoms with van der Waals surface area (Å²) in [5.41, 5.74) is 1.11. The number of carbonyl (C=O) groups is 1. The summed E-state index contributed by atoms with van der Waals surface area (Å²) in [6.07, 6.45) is 5.47. The van der Waals surface area contributed by atoms with Gasteiger partial charge >= 0.3 is 5.97 Å². The zero-order valence-electron chi connectivity index (χ0n) is 14.8. The van der Waals surface area contributed by atoms with Gasteiger partial charge in [0.25, 0.3) is 0 Å². The first-order valence-corrected chi connectivity index (χ1v) is 9.34. The topological polar surface area (TPSA) is 54.0 Å². The Morgan fingerprint density at radius 1 is 1.12 bits per heavy atom. The minimum atomic E-state index is -0.413. The van der Waals surface area contributed by atoms with Crippen molar-refractivity contribution in [2.75, 3.05) is 26.4 Å². The van der Waals surface area contributed by atoms with Gasteiger partial charge in [0.2, 0.25) is 0 Å². The Bertz CT molecular complexity index is 524. The van der Waals surface area contributed by atoms with Gasteiger partial charge in [0.05, 0.1) is 39.5 Å². The lowest BCUT2D eigenvalue weighted by Gasteiger charge is -2.39. The van der Waals surface area contributed by atoms with Crippen LogP contribution in [-0.2, 0) is 30.3 Å². The number of benzene rings is 1. The molecule has 1 saturated heterocycles. The highest BCUT2D eigenvalue weighted by atomic mass is 16.7. The van der Waals surface area contributed by atoms with E-state index in [1.54, 1.807) is 0 Å². The molecule has 0 amide bonds. The first-order valence-electron chi connectivity index (χ1n) is 9.34. The van der Waals surface area contributed by atoms with E-state index in [0.717, 1.165) is 31.2 Å². The third kappa shape index (κ3) is 5.27. The van der Waals surface area contributed by atoms with Gasteiger partial charge in [0.15, 0.2) is 5.79 Å². The molecule has 1 heterocycles. The van der Waals surface area contributed by atoms with Crippen molar-refractivity contribution in [1.82, 2.24) is 0 Å². The highest BCUT2D eigenvalue weighted by Crippen LogP contribution is 2.42. The molecule has 0 aromatic heterocycles. The second-order valence-corrected chi connectivity index (χ2v) is 6.75. The molecule has 1 spiro atoms. The lowest BCUT2D eigenvalue weighted by molar-refractivity contribution is -0.216. The molecule has 2 fully saturated rings. The molecule has 1 aromatic carbocycles. The summed E-state index contributed by atoms with van der Waals surface area (Å²) in [4.78, 5) is 11.8. The lowest BCUT2D eigenvalue weighted by atomic mass is 9.81. The smallest absolute Gasteiger partial charge is 0.308 e. The Labute approximate surface area is 149 Å². The van der Waals surface area contributed by atoms with Crippen molar-refractivity contribution < 1.29 is 23.7 Å². The highest BCUT2D eigenvalue weighted by molar-refractivity contribution is 5.69. The molecule has 25 heavy (non-hydrogen) atoms. The van der Waals surface area contributed by atoms with Crippen LogP contribution in [0.2, 0.25) is 0 Å². The van der Waals surface area contributed by atoms with Gasteiger partial charge in [-0.05, 0) is 24.8 Å². The number of hydrogen-bond donors (Lipinski definition) is 0. The standard InChI is InChI=1S/C20H28O5/c21-19(10-12-22-16-17-6-2-1-3-7-17)23-13-9-18-8-4-5-11-20(18)24-14-15-25-20/h1-3,6-7,18H,4-5,8-16H2/t18-/m1/s1. The minimum Gasteiger partial charge on any atom is -0.466 e. The summed E-state index contributed by atoms with van der Waals surface area (Å²) in [5.74, 6) is -0.291. The van der Waals surface area contributed by atoms with Crippen LogP contribution in [0.5, 0.6) is 0 Å². The molecule has 1 aliphatic carbocycles. The minimum absolute atomic E-state index is 0.203. The highest BCUT2D eigenvalue weighted by Gasteiger charge is 2.45. The van der Waals surface area contributed by atoms with Crippen LogP contribution < -0.4 is 0 Å². The summed E-state index contributed by atoms with van der Waals surface area (Å²) in [5, 5.41) is 0. The predicted octanol–water partition coefficient (Wildman–Crippen LogP) is 3.46. The van der Waals surface area contributed by atoms with Crippen LogP contribution in [0.25, 0.3) is 0 Å². The van der Waals surface area contributed by atoms with E-state index in [-0.39, 0.29) is 12.4 Å². The number of ether oxygens (including phenoxy) is 4. The normalized spacial score (nSPS) is 22.2. The van der Waals surface area contributed by atoms with Crippen LogP contribution in [0.1, 0.15) is 44.1 Å². The Balaban J connectivity index is 1.30. The van der Waals surface area contributed by atoms with E-state index in [2.05, 4.69) is 0 Å². The average molecular weight is 348 g/mol. The summed E-state index contributed by atoms with van der Waals surface area (Å²) in [7, 11) is 0. The Hall–Kier alpha value is -1.43. The van der Waals surface area contributed by atoms with Gasteiger partial charge in [-0.1, -0.05) is 36.8 Å². The van der Waals surface area contributed by atoms with Gasteiger partial charge in [-0.3, -0.25) is 4.79 Å². The van der Waals surface area contributed by atoms with E-state index >= 15 is 0 Å². The molecule has 0 bridgehead atoms. The molecule has 1 atom stereocenters. The van der Waals surface area contributed by atoms with Crippen molar-refractivity contribution in [1.29, 1.82) is 0 Å². The van der Waals surface area contributed by atoms with E-state index in [1.165, 1.54) is 6.42 Å². The molecule has 5 nitrogen and oxygen atoms in total. The fraction of sp³-hybridized carbons (Fsp3) is 0.650. The van der Waals surface area contributed by atoms with Gasteiger partial charge in [-0.15, -0.1) is 0 Å². The van der Waals surface area contributed by atoms with Crippen molar-refractivity contribution in [2.45, 2.75) is 50.9 Å². The zero-order valence-corrected chi connectivity index (χ0v) is 14.8. The molecule has 138 valence electrons. The third-order valence-electron chi connectivity index (χ3n) is 5.02. The number of rotatable bonds is 8. The maximum atomic E-state index is 11.8. The zero-order chi connectivity index (χ0) is 17.4. The van der Waals surface area contributed by atoms with E-state index in [0.29, 0.717) is 39.0 Å². The second-order valence-electron chi connectivity index (χ2n) is 6.75. The van der Waals surface area contributed by atoms with Crippen LogP contribution in [0.3, 0.4) is 0 Å². The van der Waals surface area contributed by atoms with Crippen LogP contribution in [0.4, 0.5) is 0 Å². The van der Waals surface area contributed by atoms with Crippen LogP contribution in [0, 0.1) is 5.92 Å². The molecule has 3 rings (SSSR count). The average Bonchev–Trinajstić information content (AvgIpc) is 3.10. The van der Waals surface area contributed by atoms with E-state index in [1.807, 2.05) is 30.3 Å². The van der Waals surface area contributed by atoms with E-state index < -0.39 is 5.79 Å². The quantitative estimate of drug-likeness (QED) is 0.532. The van der Waals surface area contributed by atoms with Crippen molar-refractivity contribution in [2.24, 2.45) is 5.92 Å². The number of hydrogen-bond acceptors (Lipinski definition) is 5. The Morgan fingerprint density at radius 2 is 1.92 bits per heavy atom. The van der Waals surface area contributed by atoms with E-state index in [9.17, 15) is 4.79 Å². The Kier molecular flexibility index (Phi) is 6.84. The monoisotopic (exact) mass is 348 g/mol. The summed E-state index contributed by atoms with van der Waals surface area (Å²) < 4.78 is 22.7. The van der Waals surface area contributed by atoms with Crippen molar-refractivity contribution in [3.8, 4) is 0 Å². The van der Waals surface area contributed by atoms with E-state index in [4.69, 9.17) is 18.9 Å². The van der Waals surface area contributed by atoms with Crippen molar-refractivity contribution >= 4 is 5.97 Å². The summed E-state index contributed by atoms with van der Waals surface area (Å²) in [6.45, 7) is 2.68. The predicted molar refractivity (Wildman–Crippen MR) is 92.9 cm³/mol. The maximum absolute atomic E-state index is 11.8. The molecule has 1 aromatic rings. The molecule has 5 heteroatoms. The van der Waals surface area contributed by atoms with Gasteiger partial charge in [0, 0.05) is 12.3 Å². The number of esters is 1. The molecule has 1 aliphatic heterocycles. The number of carbonyl (C=O) groups excluding carboxylic acids is 1. The van der Waals surface area contributed by atoms with Crippen molar-refractivity contribution in [3.63, 3.8) is 0 Å². The fourth-order valence-corrected chi connectivity index (χ4v) is 3.71. The van der Waals surface area contributed by atoms with Crippen LogP contribution in [0.15, 0.2) is 30.3 Å². The second kappa shape index (κ2) is 9.32. The van der Waals surface area contributed by atoms with Gasteiger partial charge < -0.3 is 18.9 Å². The fourth-order valence-electron chi connectivity index (χ4n) is 3.71. The maximum Gasteiger partial charge on any atom is 0.308 e. The summed E-state index contributed by atoms with van der Waals surface area (Å²) >= 11 is 0. The molecular formula is C20H28O5. The molecule has 0 radical (unpaired) electrons. The third-order valence-corrected chi connectivity index (χ3v) is 5.02. The molecular weight excluding hydrogens is 320 g/mol.